The van der Waals surface area contributed by atoms with Crippen molar-refractivity contribution in [1.82, 2.24) is 9.97 Å². The molecule has 0 unspecified atom stereocenters. The number of hydrogen-bond donors (Lipinski definition) is 2. The first-order chi connectivity index (χ1) is 14.0. The number of nitrogens with zero attached hydrogens (tertiary/aromatic N) is 1. The smallest absolute Gasteiger partial charge is 0.199 e. The number of benzene rings is 3. The molecule has 5 rings (SSSR count). The van der Waals surface area contributed by atoms with Crippen LogP contribution in [0, 0.1) is 0 Å². The summed E-state index contributed by atoms with van der Waals surface area (Å²) in [5.41, 5.74) is 4.75. The molecule has 0 aliphatic heterocycles. The third kappa shape index (κ3) is 2.47. The number of aromatic amines is 2. The third-order valence-corrected chi connectivity index (χ3v) is 5.70. The number of rotatable bonds is 2. The van der Waals surface area contributed by atoms with Gasteiger partial charge in [-0.25, -0.2) is 0 Å². The van der Waals surface area contributed by atoms with Gasteiger partial charge in [0.15, 0.2) is 10.9 Å². The zero-order chi connectivity index (χ0) is 20.3. The van der Waals surface area contributed by atoms with Crippen molar-refractivity contribution in [3.05, 3.63) is 74.5 Å². The van der Waals surface area contributed by atoms with E-state index < -0.39 is 0 Å². The van der Waals surface area contributed by atoms with E-state index >= 15 is 0 Å². The highest BCUT2D eigenvalue weighted by Crippen LogP contribution is 2.26. The number of nitrogens with one attached hydrogen (secondary N) is 2. The van der Waals surface area contributed by atoms with Crippen LogP contribution in [0.1, 0.15) is 12.5 Å². The van der Waals surface area contributed by atoms with Crippen LogP contribution in [0.15, 0.2) is 58.1 Å². The van der Waals surface area contributed by atoms with E-state index in [4.69, 9.17) is 0 Å². The fourth-order valence-electron chi connectivity index (χ4n) is 4.26. The van der Waals surface area contributed by atoms with Crippen LogP contribution in [-0.4, -0.2) is 24.1 Å². The molecule has 0 radical (unpaired) electrons. The van der Waals surface area contributed by atoms with Crippen LogP contribution in [0.25, 0.3) is 43.6 Å². The van der Waals surface area contributed by atoms with E-state index in [-0.39, 0.29) is 10.9 Å². The molecule has 3 aromatic carbocycles. The van der Waals surface area contributed by atoms with Gasteiger partial charge >= 0.3 is 0 Å². The average Bonchev–Trinajstić information content (AvgIpc) is 2.72. The maximum atomic E-state index is 13.4. The van der Waals surface area contributed by atoms with Gasteiger partial charge in [-0.2, -0.15) is 0 Å². The normalized spacial score (nSPS) is 11.7. The molecule has 0 atom stereocenters. The Balaban J connectivity index is 1.97. The molecule has 0 saturated carbocycles. The molecule has 0 amide bonds. The Bertz CT molecular complexity index is 1560. The van der Waals surface area contributed by atoms with Gasteiger partial charge in [0.1, 0.15) is 0 Å². The number of hydrogen-bond acceptors (Lipinski definition) is 3. The molecule has 0 saturated heterocycles. The van der Waals surface area contributed by atoms with Crippen LogP contribution < -0.4 is 15.8 Å². The minimum atomic E-state index is -0.0387. The Morgan fingerprint density at radius 2 is 1.31 bits per heavy atom. The summed E-state index contributed by atoms with van der Waals surface area (Å²) in [6.45, 7) is 2.05. The Morgan fingerprint density at radius 1 is 0.759 bits per heavy atom. The second-order valence-electron chi connectivity index (χ2n) is 7.64. The highest BCUT2D eigenvalue weighted by Gasteiger charge is 2.14. The van der Waals surface area contributed by atoms with Crippen molar-refractivity contribution in [2.24, 2.45) is 0 Å². The largest absolute Gasteiger partial charge is 0.377 e. The monoisotopic (exact) mass is 383 g/mol. The Hall–Kier alpha value is -3.60. The highest BCUT2D eigenvalue weighted by atomic mass is 16.1. The number of anilines is 1. The van der Waals surface area contributed by atoms with E-state index in [1.807, 2.05) is 62.3 Å². The van der Waals surface area contributed by atoms with E-state index in [2.05, 4.69) is 9.97 Å². The summed E-state index contributed by atoms with van der Waals surface area (Å²) in [7, 11) is 3.85. The van der Waals surface area contributed by atoms with Crippen LogP contribution in [0.4, 0.5) is 5.69 Å². The summed E-state index contributed by atoms with van der Waals surface area (Å²) in [5.74, 6) is 0. The maximum Gasteiger partial charge on any atom is 0.199 e. The molecule has 0 aliphatic carbocycles. The number of fused-ring (bicyclic) bond motifs is 4. The lowest BCUT2D eigenvalue weighted by Gasteiger charge is -2.15. The standard InChI is InChI=1S/C24H21N3O2/c1-4-13-7-5-8-16-21(13)23(28)14-11-19-15(12-18(14)25-16)24(29)22-17(26-19)9-6-10-20(22)27(2)3/h5-12H,4H2,1-3H3,(H,25,28)(H,26,29). The summed E-state index contributed by atoms with van der Waals surface area (Å²) in [4.78, 5) is 35.3. The molecular formula is C24H21N3O2. The summed E-state index contributed by atoms with van der Waals surface area (Å²) < 4.78 is 0. The first-order valence-corrected chi connectivity index (χ1v) is 9.73. The zero-order valence-corrected chi connectivity index (χ0v) is 16.6. The average molecular weight is 383 g/mol. The van der Waals surface area contributed by atoms with E-state index in [1.165, 1.54) is 0 Å². The van der Waals surface area contributed by atoms with Gasteiger partial charge in [-0.3, -0.25) is 9.59 Å². The van der Waals surface area contributed by atoms with Crippen molar-refractivity contribution in [3.63, 3.8) is 0 Å². The van der Waals surface area contributed by atoms with Crippen molar-refractivity contribution in [1.29, 1.82) is 0 Å². The Morgan fingerprint density at radius 3 is 1.90 bits per heavy atom. The molecule has 2 N–H and O–H groups in total. The zero-order valence-electron chi connectivity index (χ0n) is 16.6. The van der Waals surface area contributed by atoms with Gasteiger partial charge in [0.25, 0.3) is 0 Å². The fraction of sp³-hybridized carbons (Fsp3) is 0.167. The minimum absolute atomic E-state index is 0.00362. The number of pyridine rings is 2. The molecule has 0 bridgehead atoms. The summed E-state index contributed by atoms with van der Waals surface area (Å²) >= 11 is 0. The lowest BCUT2D eigenvalue weighted by Crippen LogP contribution is -2.14. The van der Waals surface area contributed by atoms with Crippen LogP contribution in [0.2, 0.25) is 0 Å². The van der Waals surface area contributed by atoms with Crippen molar-refractivity contribution in [2.75, 3.05) is 19.0 Å². The van der Waals surface area contributed by atoms with Crippen molar-refractivity contribution in [3.8, 4) is 0 Å². The second-order valence-corrected chi connectivity index (χ2v) is 7.64. The molecular weight excluding hydrogens is 362 g/mol. The molecule has 5 nitrogen and oxygen atoms in total. The molecule has 2 aromatic heterocycles. The van der Waals surface area contributed by atoms with E-state index in [1.54, 1.807) is 12.1 Å². The first-order valence-electron chi connectivity index (χ1n) is 9.73. The fourth-order valence-corrected chi connectivity index (χ4v) is 4.26. The molecule has 0 fully saturated rings. The lowest BCUT2D eigenvalue weighted by atomic mass is 10.0. The summed E-state index contributed by atoms with van der Waals surface area (Å²) in [6.07, 6.45) is 0.786. The number of H-pyrrole nitrogens is 2. The molecule has 144 valence electrons. The SMILES string of the molecule is CCc1cccc2[nH]c3cc4c(=O)c5c(N(C)C)cccc5[nH]c4cc3c(=O)c12. The highest BCUT2D eigenvalue weighted by molar-refractivity contribution is 6.05. The van der Waals surface area contributed by atoms with E-state index in [0.29, 0.717) is 27.2 Å². The molecule has 2 heterocycles. The van der Waals surface area contributed by atoms with Crippen molar-refractivity contribution >= 4 is 49.3 Å². The van der Waals surface area contributed by atoms with Crippen molar-refractivity contribution in [2.45, 2.75) is 13.3 Å². The molecule has 0 aliphatic rings. The first kappa shape index (κ1) is 17.5. The topological polar surface area (TPSA) is 69.0 Å². The second kappa shape index (κ2) is 6.21. The number of aromatic nitrogens is 2. The minimum Gasteiger partial charge on any atom is -0.377 e. The van der Waals surface area contributed by atoms with Gasteiger partial charge in [0.05, 0.1) is 27.5 Å². The summed E-state index contributed by atoms with van der Waals surface area (Å²) in [5, 5.41) is 2.53. The van der Waals surface area contributed by atoms with Gasteiger partial charge in [-0.05, 0) is 42.3 Å². The molecule has 0 spiro atoms. The predicted molar refractivity (Wildman–Crippen MR) is 121 cm³/mol. The summed E-state index contributed by atoms with van der Waals surface area (Å²) in [6, 6.07) is 15.2. The van der Waals surface area contributed by atoms with Crippen molar-refractivity contribution < 1.29 is 0 Å². The lowest BCUT2D eigenvalue weighted by molar-refractivity contribution is 1.14. The van der Waals surface area contributed by atoms with E-state index in [0.717, 1.165) is 34.1 Å². The van der Waals surface area contributed by atoms with Crippen LogP contribution in [0.3, 0.4) is 0 Å². The number of aryl methyl sites for hydroxylation is 1. The van der Waals surface area contributed by atoms with Crippen LogP contribution >= 0.6 is 0 Å². The van der Waals surface area contributed by atoms with Crippen LogP contribution in [0.5, 0.6) is 0 Å². The molecule has 5 heteroatoms. The molecule has 5 aromatic rings. The Kier molecular flexibility index (Phi) is 3.74. The quantitative estimate of drug-likeness (QED) is 0.447. The van der Waals surface area contributed by atoms with E-state index in [9.17, 15) is 9.59 Å². The van der Waals surface area contributed by atoms with Gasteiger partial charge in [0.2, 0.25) is 0 Å². The van der Waals surface area contributed by atoms with Crippen LogP contribution in [-0.2, 0) is 6.42 Å². The van der Waals surface area contributed by atoms with Gasteiger partial charge in [-0.15, -0.1) is 0 Å². The molecule has 29 heavy (non-hydrogen) atoms. The van der Waals surface area contributed by atoms with Gasteiger partial charge in [-0.1, -0.05) is 25.1 Å². The maximum absolute atomic E-state index is 13.4. The predicted octanol–water partition coefficient (Wildman–Crippen LogP) is 4.30. The Labute approximate surface area is 166 Å². The third-order valence-electron chi connectivity index (χ3n) is 5.70. The van der Waals surface area contributed by atoms with Gasteiger partial charge < -0.3 is 14.9 Å². The van der Waals surface area contributed by atoms with Gasteiger partial charge in [0, 0.05) is 35.9 Å².